The maximum atomic E-state index is 12.2. The first-order chi connectivity index (χ1) is 25.7. The molecule has 7 N–H and O–H groups in total. The van der Waals surface area contributed by atoms with Crippen LogP contribution in [0.2, 0.25) is 0 Å². The Bertz CT molecular complexity index is 2040. The van der Waals surface area contributed by atoms with Crippen molar-refractivity contribution in [3.63, 3.8) is 0 Å². The number of ether oxygens (including phenoxy) is 1. The number of anilines is 4. The van der Waals surface area contributed by atoms with Gasteiger partial charge in [0.25, 0.3) is 11.8 Å². The summed E-state index contributed by atoms with van der Waals surface area (Å²) in [6, 6.07) is 34.7. The zero-order chi connectivity index (χ0) is 37.6. The number of carbonyl (C=O) groups is 3. The van der Waals surface area contributed by atoms with Crippen molar-refractivity contribution in [2.24, 2.45) is 0 Å². The summed E-state index contributed by atoms with van der Waals surface area (Å²) in [5.74, 6) is 0.0140. The molecule has 0 aromatic heterocycles. The third kappa shape index (κ3) is 11.9. The molecule has 5 aromatic rings. The molecule has 0 spiro atoms. The van der Waals surface area contributed by atoms with Crippen LogP contribution in [-0.4, -0.2) is 41.4 Å². The van der Waals surface area contributed by atoms with E-state index in [4.69, 9.17) is 16.2 Å². The molecule has 272 valence electrons. The van der Waals surface area contributed by atoms with E-state index in [-0.39, 0.29) is 74.9 Å². The fourth-order valence-corrected chi connectivity index (χ4v) is 6.00. The zero-order valence-electron chi connectivity index (χ0n) is 30.2. The van der Waals surface area contributed by atoms with Gasteiger partial charge in [-0.05, 0) is 91.0 Å². The number of aromatic hydroxyl groups is 1. The van der Waals surface area contributed by atoms with Crippen LogP contribution < -0.4 is 77.6 Å². The van der Waals surface area contributed by atoms with Crippen LogP contribution in [0.1, 0.15) is 52.0 Å². The number of carbonyl (C=O) groups excluding carboxylic acids is 3. The molecule has 0 atom stereocenters. The molecule has 0 radical (unpaired) electrons. The largest absolute Gasteiger partial charge is 1.00 e. The molecular weight excluding hydrogens is 728 g/mol. The summed E-state index contributed by atoms with van der Waals surface area (Å²) in [7, 11) is 1.53. The number of unbranched alkanes of at least 4 members (excludes halogenated alkanes) is 2. The molecule has 3 amide bonds. The molecule has 13 heteroatoms. The van der Waals surface area contributed by atoms with Gasteiger partial charge in [-0.2, -0.15) is 6.20 Å². The Morgan fingerprint density at radius 1 is 0.833 bits per heavy atom. The monoisotopic (exact) mass is 768 g/mol. The number of benzene rings is 5. The van der Waals surface area contributed by atoms with Crippen LogP contribution in [0.4, 0.5) is 28.4 Å². The second-order valence-corrected chi connectivity index (χ2v) is 12.8. The van der Waals surface area contributed by atoms with Gasteiger partial charge in [0.05, 0.1) is 29.6 Å². The Morgan fingerprint density at radius 3 is 2.13 bits per heavy atom. The van der Waals surface area contributed by atoms with Crippen LogP contribution in [0, 0.1) is 0 Å². The molecule has 1 heterocycles. The first kappa shape index (κ1) is 42.0. The first-order valence-corrected chi connectivity index (χ1v) is 17.8. The van der Waals surface area contributed by atoms with E-state index in [0.717, 1.165) is 28.3 Å². The van der Waals surface area contributed by atoms with E-state index >= 15 is 0 Å². The van der Waals surface area contributed by atoms with Gasteiger partial charge >= 0.3 is 51.4 Å². The number of hydrogen-bond donors (Lipinski definition) is 5. The Morgan fingerprint density at radius 2 is 1.48 bits per heavy atom. The van der Waals surface area contributed by atoms with Crippen molar-refractivity contribution in [2.75, 3.05) is 35.2 Å². The summed E-state index contributed by atoms with van der Waals surface area (Å²) in [4.78, 5) is 38.6. The van der Waals surface area contributed by atoms with Gasteiger partial charge in [0.15, 0.2) is 11.5 Å². The van der Waals surface area contributed by atoms with E-state index in [9.17, 15) is 19.5 Å². The van der Waals surface area contributed by atoms with Crippen LogP contribution in [-0.2, 0) is 4.79 Å². The maximum absolute atomic E-state index is 12.2. The number of nitrogens with two attached hydrogens (primary N) is 2. The van der Waals surface area contributed by atoms with Crippen LogP contribution in [0.15, 0.2) is 126 Å². The molecule has 1 aliphatic heterocycles. The number of nitrogen functional groups attached to an aromatic ring is 2. The second-order valence-electron chi connectivity index (χ2n) is 11.9. The van der Waals surface area contributed by atoms with Gasteiger partial charge in [-0.1, -0.05) is 67.1 Å². The quantitative estimate of drug-likeness (QED) is 0.0306. The first-order valence-electron chi connectivity index (χ1n) is 16.9. The average Bonchev–Trinajstić information content (AvgIpc) is 3.41. The Labute approximate surface area is 362 Å². The fraction of sp³-hybridized carbons (Fsp3) is 0.146. The summed E-state index contributed by atoms with van der Waals surface area (Å²) < 4.78 is 8.29. The van der Waals surface area contributed by atoms with Gasteiger partial charge < -0.3 is 36.7 Å². The minimum absolute atomic E-state index is 0. The predicted octanol–water partition coefficient (Wildman–Crippen LogP) is 5.85. The van der Waals surface area contributed by atoms with Gasteiger partial charge in [-0.25, -0.2) is 0 Å². The van der Waals surface area contributed by atoms with Crippen LogP contribution in [0.25, 0.3) is 11.4 Å². The van der Waals surface area contributed by atoms with E-state index < -0.39 is 0 Å². The SMILES string of the molecule is COc1ccc(SNc2ccc(/C=C\[N-]c3ccccc3N)cc2)cc1O.Nc1ccccc1NC(=O)CCCCCN1C(=O)c2ccccc2C1=O.[K+]. The molecule has 54 heavy (non-hydrogen) atoms. The number of phenols is 1. The molecule has 11 nitrogen and oxygen atoms in total. The Kier molecular flexibility index (Phi) is 16.5. The van der Waals surface area contributed by atoms with E-state index in [2.05, 4.69) is 15.4 Å². The van der Waals surface area contributed by atoms with Crippen molar-refractivity contribution in [3.8, 4) is 11.5 Å². The number of nitrogens with one attached hydrogen (secondary N) is 2. The average molecular weight is 769 g/mol. The Hall–Kier alpha value is -4.76. The minimum Gasteiger partial charge on any atom is -0.662 e. The van der Waals surface area contributed by atoms with Crippen LogP contribution >= 0.6 is 11.9 Å². The maximum Gasteiger partial charge on any atom is 1.00 e. The van der Waals surface area contributed by atoms with Crippen molar-refractivity contribution in [1.29, 1.82) is 0 Å². The topological polar surface area (TPSA) is 174 Å². The number of rotatable bonds is 14. The van der Waals surface area contributed by atoms with Crippen molar-refractivity contribution in [1.82, 2.24) is 4.90 Å². The van der Waals surface area contributed by atoms with E-state index in [0.29, 0.717) is 59.7 Å². The third-order valence-electron chi connectivity index (χ3n) is 8.16. The van der Waals surface area contributed by atoms with Gasteiger partial charge in [-0.15, -0.1) is 5.69 Å². The predicted molar refractivity (Wildman–Crippen MR) is 213 cm³/mol. The summed E-state index contributed by atoms with van der Waals surface area (Å²) in [6.07, 6.45) is 6.14. The number of phenolic OH excluding ortho intramolecular Hbond substituents is 1. The zero-order valence-corrected chi connectivity index (χ0v) is 34.1. The summed E-state index contributed by atoms with van der Waals surface area (Å²) >= 11 is 1.41. The second kappa shape index (κ2) is 21.2. The van der Waals surface area contributed by atoms with E-state index in [1.54, 1.807) is 54.7 Å². The summed E-state index contributed by atoms with van der Waals surface area (Å²) in [6.45, 7) is 0.375. The molecular formula is C41H41KN6O5S. The van der Waals surface area contributed by atoms with Crippen LogP contribution in [0.5, 0.6) is 11.5 Å². The van der Waals surface area contributed by atoms with Crippen molar-refractivity contribution in [3.05, 3.63) is 143 Å². The molecule has 0 saturated carbocycles. The fourth-order valence-electron chi connectivity index (χ4n) is 5.32. The molecule has 5 aromatic carbocycles. The third-order valence-corrected chi connectivity index (χ3v) is 8.99. The van der Waals surface area contributed by atoms with Gasteiger partial charge in [0.2, 0.25) is 5.91 Å². The number of amides is 3. The minimum atomic E-state index is -0.233. The van der Waals surface area contributed by atoms with Crippen LogP contribution in [0.3, 0.4) is 0 Å². The molecule has 6 rings (SSSR count). The molecule has 0 unspecified atom stereocenters. The molecule has 0 fully saturated rings. The number of hydrogen-bond acceptors (Lipinski definition) is 9. The molecule has 0 aliphatic carbocycles. The van der Waals surface area contributed by atoms with Gasteiger partial charge in [-0.3, -0.25) is 19.3 Å². The number of fused-ring (bicyclic) bond motifs is 1. The molecule has 0 bridgehead atoms. The van der Waals surface area contributed by atoms with Crippen molar-refractivity contribution in [2.45, 2.75) is 30.6 Å². The normalized spacial score (nSPS) is 11.6. The number of methoxy groups -OCH3 is 1. The molecule has 1 aliphatic rings. The standard InChI is InChI=1S/C21H20N3O2S.C20H21N3O3.K/c1-26-21-11-10-17(14-20(21)25)27-24-16-8-6-15(7-9-16)12-13-23-19-5-3-2-4-18(19)22;21-16-10-5-6-11-17(16)22-18(24)12-2-1-7-13-23-19(25)14-8-3-4-9-15(14)20(23)26;/h2-14,24-25H,22H2,1H3;3-6,8-11H,1-2,7,12-13,21H2,(H,22,24);/q-1;;+1/b13-12-;;. The smallest absolute Gasteiger partial charge is 0.662 e. The number of para-hydroxylation sites is 4. The van der Waals surface area contributed by atoms with Gasteiger partial charge in [0, 0.05) is 29.2 Å². The molecule has 0 saturated heterocycles. The summed E-state index contributed by atoms with van der Waals surface area (Å²) in [5, 5.41) is 17.0. The number of imide groups is 1. The van der Waals surface area contributed by atoms with Crippen molar-refractivity contribution >= 4 is 64.2 Å². The Balaban J connectivity index is 0.000000236. The van der Waals surface area contributed by atoms with E-state index in [1.807, 2.05) is 72.8 Å². The van der Waals surface area contributed by atoms with Gasteiger partial charge in [0.1, 0.15) is 0 Å². The number of nitrogens with zero attached hydrogens (tertiary/aromatic N) is 2. The summed E-state index contributed by atoms with van der Waals surface area (Å²) in [5.41, 5.74) is 17.1. The van der Waals surface area contributed by atoms with E-state index in [1.165, 1.54) is 24.0 Å². The van der Waals surface area contributed by atoms with Crippen molar-refractivity contribution < 1.29 is 75.6 Å².